The molecule has 0 bridgehead atoms. The predicted octanol–water partition coefficient (Wildman–Crippen LogP) is 6.05. The van der Waals surface area contributed by atoms with Crippen molar-refractivity contribution in [1.29, 1.82) is 0 Å². The van der Waals surface area contributed by atoms with Crippen LogP contribution in [0.5, 0.6) is 0 Å². The van der Waals surface area contributed by atoms with E-state index in [0.29, 0.717) is 6.10 Å². The summed E-state index contributed by atoms with van der Waals surface area (Å²) in [4.78, 5) is 0. The van der Waals surface area contributed by atoms with E-state index >= 15 is 0 Å². The summed E-state index contributed by atoms with van der Waals surface area (Å²) in [5, 5.41) is 0. The summed E-state index contributed by atoms with van der Waals surface area (Å²) >= 11 is 0. The summed E-state index contributed by atoms with van der Waals surface area (Å²) in [6.07, 6.45) is 22.7. The lowest BCUT2D eigenvalue weighted by Gasteiger charge is -2.28. The van der Waals surface area contributed by atoms with Gasteiger partial charge < -0.3 is 4.74 Å². The van der Waals surface area contributed by atoms with Crippen LogP contribution in [-0.4, -0.2) is 12.7 Å². The fourth-order valence-electron chi connectivity index (χ4n) is 3.06. The first-order valence-electron chi connectivity index (χ1n) is 8.76. The smallest absolute Gasteiger partial charge is 0.0654 e. The van der Waals surface area contributed by atoms with Crippen molar-refractivity contribution in [3.8, 4) is 0 Å². The van der Waals surface area contributed by atoms with E-state index in [9.17, 15) is 0 Å². The maximum Gasteiger partial charge on any atom is 0.0654 e. The Morgan fingerprint density at radius 3 is 2.40 bits per heavy atom. The van der Waals surface area contributed by atoms with Gasteiger partial charge in [0.15, 0.2) is 0 Å². The maximum atomic E-state index is 5.91. The molecule has 0 aliphatic heterocycles. The number of rotatable bonds is 10. The van der Waals surface area contributed by atoms with Gasteiger partial charge in [-0.05, 0) is 38.5 Å². The molecule has 1 heteroatoms. The van der Waals surface area contributed by atoms with Gasteiger partial charge in [0.25, 0.3) is 0 Å². The third kappa shape index (κ3) is 8.58. The van der Waals surface area contributed by atoms with Crippen molar-refractivity contribution in [3.63, 3.8) is 0 Å². The molecule has 20 heavy (non-hydrogen) atoms. The fraction of sp³-hybridized carbons (Fsp3) is 0.789. The van der Waals surface area contributed by atoms with E-state index in [2.05, 4.69) is 25.2 Å². The lowest BCUT2D eigenvalue weighted by atomic mass is 9.84. The average molecular weight is 278 g/mol. The highest BCUT2D eigenvalue weighted by Crippen LogP contribution is 2.30. The molecule has 1 saturated carbocycles. The third-order valence-electron chi connectivity index (χ3n) is 4.38. The summed E-state index contributed by atoms with van der Waals surface area (Å²) in [5.74, 6) is 0.982. The van der Waals surface area contributed by atoms with E-state index in [1.165, 1.54) is 64.2 Å². The number of allylic oxidation sites excluding steroid dienone is 3. The van der Waals surface area contributed by atoms with Gasteiger partial charge in [0.2, 0.25) is 0 Å². The van der Waals surface area contributed by atoms with Gasteiger partial charge in [-0.3, -0.25) is 0 Å². The third-order valence-corrected chi connectivity index (χ3v) is 4.38. The fourth-order valence-corrected chi connectivity index (χ4v) is 3.06. The van der Waals surface area contributed by atoms with Gasteiger partial charge in [-0.2, -0.15) is 0 Å². The first kappa shape index (κ1) is 17.5. The highest BCUT2D eigenvalue weighted by molar-refractivity contribution is 5.01. The summed E-state index contributed by atoms with van der Waals surface area (Å²) in [6.45, 7) is 5.10. The molecule has 1 aliphatic rings. The van der Waals surface area contributed by atoms with Crippen molar-refractivity contribution in [1.82, 2.24) is 0 Å². The molecule has 1 aliphatic carbocycles. The van der Waals surface area contributed by atoms with Gasteiger partial charge in [0, 0.05) is 0 Å². The standard InChI is InChI=1S/C19H34O/c1-3-5-7-9-10-12-18-13-15-19(16-14-18)20-17-11-8-6-4-2/h4,6,8,11,18-19H,3,5,7,9-10,12-17H2,1-2H3/b6-4+,11-8+/t18-,19-. The molecule has 1 nitrogen and oxygen atoms in total. The molecule has 0 unspecified atom stereocenters. The normalized spacial score (nSPS) is 23.9. The topological polar surface area (TPSA) is 9.23 Å². The van der Waals surface area contributed by atoms with Crippen LogP contribution >= 0.6 is 0 Å². The Balaban J connectivity index is 1.99. The Bertz CT molecular complexity index is 259. The zero-order valence-corrected chi connectivity index (χ0v) is 13.7. The molecular formula is C19H34O. The van der Waals surface area contributed by atoms with Gasteiger partial charge in [-0.15, -0.1) is 0 Å². The molecule has 1 rings (SSSR count). The summed E-state index contributed by atoms with van der Waals surface area (Å²) in [6, 6.07) is 0. The second-order valence-electron chi connectivity index (χ2n) is 6.13. The van der Waals surface area contributed by atoms with Crippen molar-refractivity contribution in [3.05, 3.63) is 24.3 Å². The van der Waals surface area contributed by atoms with Crippen LogP contribution in [-0.2, 0) is 4.74 Å². The van der Waals surface area contributed by atoms with Crippen LogP contribution in [0.1, 0.15) is 78.1 Å². The molecule has 116 valence electrons. The van der Waals surface area contributed by atoms with Crippen LogP contribution in [0.3, 0.4) is 0 Å². The average Bonchev–Trinajstić information content (AvgIpc) is 2.48. The lowest BCUT2D eigenvalue weighted by molar-refractivity contribution is 0.0333. The van der Waals surface area contributed by atoms with E-state index in [0.717, 1.165) is 12.5 Å². The number of ether oxygens (including phenoxy) is 1. The zero-order chi connectivity index (χ0) is 14.5. The Hall–Kier alpha value is -0.560. The molecule has 0 aromatic rings. The largest absolute Gasteiger partial charge is 0.374 e. The van der Waals surface area contributed by atoms with Crippen LogP contribution < -0.4 is 0 Å². The van der Waals surface area contributed by atoms with Crippen molar-refractivity contribution in [2.75, 3.05) is 6.61 Å². The Morgan fingerprint density at radius 2 is 1.70 bits per heavy atom. The highest BCUT2D eigenvalue weighted by Gasteiger charge is 2.20. The molecule has 0 spiro atoms. The molecular weight excluding hydrogens is 244 g/mol. The van der Waals surface area contributed by atoms with E-state index < -0.39 is 0 Å². The number of hydrogen-bond acceptors (Lipinski definition) is 1. The number of unbranched alkanes of at least 4 members (excludes halogenated alkanes) is 4. The molecule has 0 saturated heterocycles. The van der Waals surface area contributed by atoms with Gasteiger partial charge in [-0.1, -0.05) is 69.8 Å². The maximum absolute atomic E-state index is 5.91. The quantitative estimate of drug-likeness (QED) is 0.349. The van der Waals surface area contributed by atoms with Crippen molar-refractivity contribution in [2.24, 2.45) is 5.92 Å². The number of hydrogen-bond donors (Lipinski definition) is 0. The predicted molar refractivity (Wildman–Crippen MR) is 89.0 cm³/mol. The van der Waals surface area contributed by atoms with Gasteiger partial charge >= 0.3 is 0 Å². The second-order valence-corrected chi connectivity index (χ2v) is 6.13. The van der Waals surface area contributed by atoms with Crippen molar-refractivity contribution < 1.29 is 4.74 Å². The Morgan fingerprint density at radius 1 is 0.950 bits per heavy atom. The van der Waals surface area contributed by atoms with Gasteiger partial charge in [0.1, 0.15) is 0 Å². The Kier molecular flexibility index (Phi) is 10.7. The summed E-state index contributed by atoms with van der Waals surface area (Å²) in [7, 11) is 0. The van der Waals surface area contributed by atoms with E-state index in [1.54, 1.807) is 0 Å². The van der Waals surface area contributed by atoms with Crippen molar-refractivity contribution in [2.45, 2.75) is 84.2 Å². The molecule has 1 fully saturated rings. The SMILES string of the molecule is C/C=C/C=C/CO[C@H]1CC[C@H](CCCCCCC)CC1. The van der Waals surface area contributed by atoms with Gasteiger partial charge in [-0.25, -0.2) is 0 Å². The molecule has 0 heterocycles. The first-order valence-corrected chi connectivity index (χ1v) is 8.76. The highest BCUT2D eigenvalue weighted by atomic mass is 16.5. The summed E-state index contributed by atoms with van der Waals surface area (Å²) < 4.78 is 5.91. The molecule has 0 aromatic heterocycles. The molecule has 0 radical (unpaired) electrons. The van der Waals surface area contributed by atoms with Crippen LogP contribution in [0.15, 0.2) is 24.3 Å². The van der Waals surface area contributed by atoms with Crippen molar-refractivity contribution >= 4 is 0 Å². The van der Waals surface area contributed by atoms with Crippen LogP contribution in [0.2, 0.25) is 0 Å². The Labute approximate surface area is 126 Å². The van der Waals surface area contributed by atoms with Crippen LogP contribution in [0.4, 0.5) is 0 Å². The molecule has 0 amide bonds. The first-order chi connectivity index (χ1) is 9.86. The van der Waals surface area contributed by atoms with Crippen LogP contribution in [0, 0.1) is 5.92 Å². The molecule has 0 aromatic carbocycles. The minimum Gasteiger partial charge on any atom is -0.374 e. The minimum atomic E-state index is 0.515. The van der Waals surface area contributed by atoms with Gasteiger partial charge in [0.05, 0.1) is 12.7 Å². The summed E-state index contributed by atoms with van der Waals surface area (Å²) in [5.41, 5.74) is 0. The molecule has 0 atom stereocenters. The van der Waals surface area contributed by atoms with E-state index in [-0.39, 0.29) is 0 Å². The second kappa shape index (κ2) is 12.2. The lowest BCUT2D eigenvalue weighted by Crippen LogP contribution is -2.21. The minimum absolute atomic E-state index is 0.515. The monoisotopic (exact) mass is 278 g/mol. The van der Waals surface area contributed by atoms with E-state index in [4.69, 9.17) is 4.74 Å². The van der Waals surface area contributed by atoms with Crippen LogP contribution in [0.25, 0.3) is 0 Å². The van der Waals surface area contributed by atoms with E-state index in [1.807, 2.05) is 13.0 Å². The molecule has 0 N–H and O–H groups in total. The zero-order valence-electron chi connectivity index (χ0n) is 13.7.